The van der Waals surface area contributed by atoms with Crippen molar-refractivity contribution in [3.05, 3.63) is 77.9 Å². The lowest BCUT2D eigenvalue weighted by Crippen LogP contribution is -2.44. The molecular weight excluding hydrogens is 392 g/mol. The first kappa shape index (κ1) is 19.4. The second kappa shape index (κ2) is 7.27. The van der Waals surface area contributed by atoms with E-state index in [2.05, 4.69) is 10.3 Å². The molecule has 158 valence electrons. The number of aromatic nitrogens is 2. The highest BCUT2D eigenvalue weighted by molar-refractivity contribution is 6.07. The van der Waals surface area contributed by atoms with E-state index in [-0.39, 0.29) is 18.2 Å². The molecule has 0 unspecified atom stereocenters. The molecule has 5 rings (SSSR count). The number of hydrogen-bond acceptors (Lipinski definition) is 4. The van der Waals surface area contributed by atoms with Crippen LogP contribution in [-0.2, 0) is 28.5 Å². The number of imidazole rings is 1. The maximum absolute atomic E-state index is 13.5. The van der Waals surface area contributed by atoms with Crippen LogP contribution in [0, 0.1) is 0 Å². The first-order chi connectivity index (χ1) is 15.0. The largest absolute Gasteiger partial charge is 0.497 e. The number of carbonyl (C=O) groups is 2. The zero-order valence-electron chi connectivity index (χ0n) is 17.5. The molecular formula is C24H24N4O3. The van der Waals surface area contributed by atoms with Gasteiger partial charge in [0, 0.05) is 31.7 Å². The van der Waals surface area contributed by atoms with Crippen molar-refractivity contribution in [1.29, 1.82) is 0 Å². The van der Waals surface area contributed by atoms with Crippen LogP contribution >= 0.6 is 0 Å². The van der Waals surface area contributed by atoms with Crippen LogP contribution in [0.3, 0.4) is 0 Å². The van der Waals surface area contributed by atoms with Gasteiger partial charge in [0.25, 0.3) is 0 Å². The SMILES string of the molecule is COc1ccc(CC(=O)N2CC[C@]3(C(=O)Nc4ccccc43)[C@@H]2c2nccn2C)cc1. The van der Waals surface area contributed by atoms with Gasteiger partial charge in [0.05, 0.1) is 13.5 Å². The summed E-state index contributed by atoms with van der Waals surface area (Å²) in [7, 11) is 3.52. The Morgan fingerprint density at radius 3 is 2.71 bits per heavy atom. The minimum absolute atomic E-state index is 0.0211. The van der Waals surface area contributed by atoms with Gasteiger partial charge in [-0.3, -0.25) is 9.59 Å². The number of para-hydroxylation sites is 1. The lowest BCUT2D eigenvalue weighted by atomic mass is 9.74. The van der Waals surface area contributed by atoms with Gasteiger partial charge >= 0.3 is 0 Å². The van der Waals surface area contributed by atoms with Crippen molar-refractivity contribution in [1.82, 2.24) is 14.5 Å². The lowest BCUT2D eigenvalue weighted by molar-refractivity contribution is -0.133. The molecule has 2 aliphatic heterocycles. The van der Waals surface area contributed by atoms with Gasteiger partial charge in [0.2, 0.25) is 11.8 Å². The standard InChI is InChI=1S/C24H24N4O3/c1-27-14-12-25-22(27)21-24(18-5-3-4-6-19(18)26-23(24)30)11-13-28(21)20(29)15-16-7-9-17(31-2)10-8-16/h3-10,12,14,21H,11,13,15H2,1-2H3,(H,26,30)/t21-,24+/m0/s1. The zero-order valence-corrected chi connectivity index (χ0v) is 17.5. The third kappa shape index (κ3) is 2.91. The molecule has 7 heteroatoms. The Kier molecular flexibility index (Phi) is 4.54. The number of nitrogens with zero attached hydrogens (tertiary/aromatic N) is 3. The van der Waals surface area contributed by atoms with Gasteiger partial charge < -0.3 is 19.5 Å². The highest BCUT2D eigenvalue weighted by Crippen LogP contribution is 2.54. The Morgan fingerprint density at radius 1 is 1.23 bits per heavy atom. The highest BCUT2D eigenvalue weighted by atomic mass is 16.5. The maximum Gasteiger partial charge on any atom is 0.237 e. The molecule has 1 fully saturated rings. The number of aryl methyl sites for hydroxylation is 1. The molecule has 2 aromatic carbocycles. The van der Waals surface area contributed by atoms with Gasteiger partial charge in [0.1, 0.15) is 23.0 Å². The number of carbonyl (C=O) groups excluding carboxylic acids is 2. The summed E-state index contributed by atoms with van der Waals surface area (Å²) < 4.78 is 7.11. The quantitative estimate of drug-likeness (QED) is 0.710. The van der Waals surface area contributed by atoms with Crippen LogP contribution in [0.15, 0.2) is 60.9 Å². The third-order valence-corrected chi connectivity index (χ3v) is 6.52. The molecule has 2 aliphatic rings. The van der Waals surface area contributed by atoms with Crippen molar-refractivity contribution < 1.29 is 14.3 Å². The number of anilines is 1. The van der Waals surface area contributed by atoms with E-state index in [4.69, 9.17) is 4.74 Å². The lowest BCUT2D eigenvalue weighted by Gasteiger charge is -2.33. The van der Waals surface area contributed by atoms with E-state index in [0.29, 0.717) is 18.8 Å². The van der Waals surface area contributed by atoms with Crippen LogP contribution in [0.4, 0.5) is 5.69 Å². The van der Waals surface area contributed by atoms with Crippen LogP contribution in [0.5, 0.6) is 5.75 Å². The Hall–Kier alpha value is -3.61. The molecule has 7 nitrogen and oxygen atoms in total. The highest BCUT2D eigenvalue weighted by Gasteiger charge is 2.60. The fraction of sp³-hybridized carbons (Fsp3) is 0.292. The summed E-state index contributed by atoms with van der Waals surface area (Å²) in [5, 5.41) is 3.04. The van der Waals surface area contributed by atoms with E-state index in [1.807, 2.05) is 71.2 Å². The summed E-state index contributed by atoms with van der Waals surface area (Å²) in [4.78, 5) is 33.2. The number of methoxy groups -OCH3 is 1. The van der Waals surface area contributed by atoms with E-state index in [0.717, 1.165) is 22.6 Å². The number of nitrogens with one attached hydrogen (secondary N) is 1. The molecule has 2 amide bonds. The zero-order chi connectivity index (χ0) is 21.6. The van der Waals surface area contributed by atoms with Crippen LogP contribution in [0.1, 0.15) is 29.4 Å². The fourth-order valence-electron chi connectivity index (χ4n) is 4.97. The predicted octanol–water partition coefficient (Wildman–Crippen LogP) is 2.83. The van der Waals surface area contributed by atoms with Gasteiger partial charge in [-0.15, -0.1) is 0 Å². The van der Waals surface area contributed by atoms with Crippen molar-refractivity contribution in [3.63, 3.8) is 0 Å². The average molecular weight is 416 g/mol. The summed E-state index contributed by atoms with van der Waals surface area (Å²) in [6, 6.07) is 14.8. The van der Waals surface area contributed by atoms with Crippen molar-refractivity contribution in [2.45, 2.75) is 24.3 Å². The van der Waals surface area contributed by atoms with E-state index in [1.165, 1.54) is 0 Å². The minimum atomic E-state index is -0.842. The molecule has 1 spiro atoms. The predicted molar refractivity (Wildman–Crippen MR) is 116 cm³/mol. The van der Waals surface area contributed by atoms with E-state index >= 15 is 0 Å². The first-order valence-electron chi connectivity index (χ1n) is 10.3. The van der Waals surface area contributed by atoms with Gasteiger partial charge in [-0.2, -0.15) is 0 Å². The summed E-state index contributed by atoms with van der Waals surface area (Å²) in [5.74, 6) is 1.38. The number of likely N-dealkylation sites (tertiary alicyclic amines) is 1. The number of fused-ring (bicyclic) bond motifs is 2. The first-order valence-corrected chi connectivity index (χ1v) is 10.3. The number of amides is 2. The smallest absolute Gasteiger partial charge is 0.237 e. The fourth-order valence-corrected chi connectivity index (χ4v) is 4.97. The summed E-state index contributed by atoms with van der Waals surface area (Å²) >= 11 is 0. The minimum Gasteiger partial charge on any atom is -0.497 e. The van der Waals surface area contributed by atoms with E-state index in [1.54, 1.807) is 13.3 Å². The molecule has 0 saturated carbocycles. The number of hydrogen-bond donors (Lipinski definition) is 1. The van der Waals surface area contributed by atoms with Crippen molar-refractivity contribution in [2.24, 2.45) is 7.05 Å². The van der Waals surface area contributed by atoms with Gasteiger partial charge in [-0.1, -0.05) is 30.3 Å². The molecule has 1 aromatic heterocycles. The second-order valence-electron chi connectivity index (χ2n) is 8.13. The van der Waals surface area contributed by atoms with Crippen molar-refractivity contribution in [2.75, 3.05) is 19.0 Å². The molecule has 1 saturated heterocycles. The molecule has 1 N–H and O–H groups in total. The third-order valence-electron chi connectivity index (χ3n) is 6.52. The number of ether oxygens (including phenoxy) is 1. The number of rotatable bonds is 4. The second-order valence-corrected chi connectivity index (χ2v) is 8.13. The number of benzene rings is 2. The van der Waals surface area contributed by atoms with Gasteiger partial charge in [-0.25, -0.2) is 4.98 Å². The van der Waals surface area contributed by atoms with Crippen LogP contribution in [0.2, 0.25) is 0 Å². The molecule has 0 radical (unpaired) electrons. The monoisotopic (exact) mass is 416 g/mol. The average Bonchev–Trinajstić information content (AvgIpc) is 3.45. The Labute approximate surface area is 180 Å². The van der Waals surface area contributed by atoms with Crippen LogP contribution in [-0.4, -0.2) is 39.9 Å². The van der Waals surface area contributed by atoms with Gasteiger partial charge in [0.15, 0.2) is 0 Å². The summed E-state index contributed by atoms with van der Waals surface area (Å²) in [5.41, 5.74) is 1.82. The van der Waals surface area contributed by atoms with Crippen molar-refractivity contribution >= 4 is 17.5 Å². The topological polar surface area (TPSA) is 76.5 Å². The Bertz CT molecular complexity index is 1150. The summed E-state index contributed by atoms with van der Waals surface area (Å²) in [6.45, 7) is 0.494. The van der Waals surface area contributed by atoms with E-state index < -0.39 is 11.5 Å². The molecule has 2 atom stereocenters. The molecule has 0 bridgehead atoms. The van der Waals surface area contributed by atoms with Crippen LogP contribution in [0.25, 0.3) is 0 Å². The van der Waals surface area contributed by atoms with Crippen molar-refractivity contribution in [3.8, 4) is 5.75 Å². The maximum atomic E-state index is 13.5. The Morgan fingerprint density at radius 2 is 2.00 bits per heavy atom. The van der Waals surface area contributed by atoms with Gasteiger partial charge in [-0.05, 0) is 35.7 Å². The normalized spacial score (nSPS) is 21.9. The van der Waals surface area contributed by atoms with E-state index in [9.17, 15) is 9.59 Å². The Balaban J connectivity index is 1.55. The van der Waals surface area contributed by atoms with Crippen LogP contribution < -0.4 is 10.1 Å². The molecule has 3 heterocycles. The molecule has 0 aliphatic carbocycles. The summed E-state index contributed by atoms with van der Waals surface area (Å²) in [6.07, 6.45) is 4.38. The molecule has 3 aromatic rings. The molecule has 31 heavy (non-hydrogen) atoms.